The number of hydrogen-bond acceptors (Lipinski definition) is 2. The Morgan fingerprint density at radius 3 is 2.70 bits per heavy atom. The monoisotopic (exact) mass is 279 g/mol. The molecule has 0 amide bonds. The minimum atomic E-state index is -0.190. The number of benzene rings is 1. The van der Waals surface area contributed by atoms with E-state index in [0.717, 1.165) is 37.4 Å². The van der Waals surface area contributed by atoms with Gasteiger partial charge in [0.1, 0.15) is 5.82 Å². The standard InChI is InChI=1S/C17H26FNO/c1-3-19-12-17(14-5-4-6-15(18)11-14)20-16-9-7-13(2)8-10-16/h4-6,11,13,16-17,19H,3,7-10,12H2,1-2H3. The minimum absolute atomic E-state index is 0.0518. The normalized spacial score (nSPS) is 24.6. The van der Waals surface area contributed by atoms with Crippen molar-refractivity contribution in [3.63, 3.8) is 0 Å². The smallest absolute Gasteiger partial charge is 0.123 e. The molecule has 1 aromatic carbocycles. The zero-order chi connectivity index (χ0) is 14.4. The fourth-order valence-corrected chi connectivity index (χ4v) is 2.82. The molecule has 112 valence electrons. The van der Waals surface area contributed by atoms with Gasteiger partial charge in [-0.2, -0.15) is 0 Å². The van der Waals surface area contributed by atoms with Crippen LogP contribution in [0.15, 0.2) is 24.3 Å². The number of nitrogens with one attached hydrogen (secondary N) is 1. The van der Waals surface area contributed by atoms with E-state index in [1.807, 2.05) is 6.07 Å². The molecule has 1 fully saturated rings. The molecular formula is C17H26FNO. The first-order valence-electron chi connectivity index (χ1n) is 7.80. The second-order valence-electron chi connectivity index (χ2n) is 5.87. The molecule has 0 aromatic heterocycles. The minimum Gasteiger partial charge on any atom is -0.369 e. The molecule has 0 saturated heterocycles. The average molecular weight is 279 g/mol. The summed E-state index contributed by atoms with van der Waals surface area (Å²) in [5.41, 5.74) is 0.935. The number of halogens is 1. The van der Waals surface area contributed by atoms with E-state index in [4.69, 9.17) is 4.74 Å². The first-order valence-corrected chi connectivity index (χ1v) is 7.80. The van der Waals surface area contributed by atoms with Crippen molar-refractivity contribution in [3.05, 3.63) is 35.6 Å². The fraction of sp³-hybridized carbons (Fsp3) is 0.647. The summed E-state index contributed by atoms with van der Waals surface area (Å²) in [6.07, 6.45) is 4.99. The van der Waals surface area contributed by atoms with E-state index in [-0.39, 0.29) is 11.9 Å². The van der Waals surface area contributed by atoms with Crippen LogP contribution in [-0.2, 0) is 4.74 Å². The Bertz CT molecular complexity index is 402. The highest BCUT2D eigenvalue weighted by atomic mass is 19.1. The van der Waals surface area contributed by atoms with Crippen molar-refractivity contribution in [2.75, 3.05) is 13.1 Å². The van der Waals surface area contributed by atoms with Crippen LogP contribution in [0, 0.1) is 11.7 Å². The van der Waals surface area contributed by atoms with E-state index in [1.54, 1.807) is 12.1 Å². The van der Waals surface area contributed by atoms with Gasteiger partial charge in [-0.15, -0.1) is 0 Å². The molecule has 1 aromatic rings. The van der Waals surface area contributed by atoms with Gasteiger partial charge in [0.15, 0.2) is 0 Å². The SMILES string of the molecule is CCNCC(OC1CCC(C)CC1)c1cccc(F)c1. The van der Waals surface area contributed by atoms with Crippen molar-refractivity contribution >= 4 is 0 Å². The molecule has 20 heavy (non-hydrogen) atoms. The summed E-state index contributed by atoms with van der Waals surface area (Å²) >= 11 is 0. The van der Waals surface area contributed by atoms with Gasteiger partial charge in [-0.25, -0.2) is 4.39 Å². The molecule has 2 rings (SSSR count). The van der Waals surface area contributed by atoms with E-state index in [9.17, 15) is 4.39 Å². The molecule has 0 spiro atoms. The quantitative estimate of drug-likeness (QED) is 0.847. The Morgan fingerprint density at radius 2 is 2.05 bits per heavy atom. The van der Waals surface area contributed by atoms with Crippen molar-refractivity contribution < 1.29 is 9.13 Å². The third kappa shape index (κ3) is 4.57. The third-order valence-corrected chi connectivity index (χ3v) is 4.12. The van der Waals surface area contributed by atoms with E-state index in [1.165, 1.54) is 18.9 Å². The summed E-state index contributed by atoms with van der Waals surface area (Å²) in [6, 6.07) is 6.79. The largest absolute Gasteiger partial charge is 0.369 e. The van der Waals surface area contributed by atoms with Crippen molar-refractivity contribution in [3.8, 4) is 0 Å². The van der Waals surface area contributed by atoms with Crippen molar-refractivity contribution in [1.82, 2.24) is 5.32 Å². The Labute approximate surface area is 121 Å². The molecule has 1 saturated carbocycles. The van der Waals surface area contributed by atoms with Gasteiger partial charge in [-0.3, -0.25) is 0 Å². The molecule has 0 bridgehead atoms. The van der Waals surface area contributed by atoms with Crippen LogP contribution in [0.1, 0.15) is 51.2 Å². The average Bonchev–Trinajstić information content (AvgIpc) is 2.45. The lowest BCUT2D eigenvalue weighted by Gasteiger charge is -2.30. The summed E-state index contributed by atoms with van der Waals surface area (Å²) < 4.78 is 19.7. The van der Waals surface area contributed by atoms with Crippen molar-refractivity contribution in [2.24, 2.45) is 5.92 Å². The highest BCUT2D eigenvalue weighted by molar-refractivity contribution is 5.19. The summed E-state index contributed by atoms with van der Waals surface area (Å²) in [6.45, 7) is 6.02. The maximum atomic E-state index is 13.4. The van der Waals surface area contributed by atoms with Crippen LogP contribution in [-0.4, -0.2) is 19.2 Å². The van der Waals surface area contributed by atoms with Gasteiger partial charge in [0.05, 0.1) is 12.2 Å². The Morgan fingerprint density at radius 1 is 1.30 bits per heavy atom. The van der Waals surface area contributed by atoms with E-state index in [2.05, 4.69) is 19.2 Å². The highest BCUT2D eigenvalue weighted by Gasteiger charge is 2.23. The Balaban J connectivity index is 1.99. The van der Waals surface area contributed by atoms with Gasteiger partial charge in [-0.05, 0) is 55.8 Å². The Hall–Kier alpha value is -0.930. The van der Waals surface area contributed by atoms with E-state index in [0.29, 0.717) is 6.10 Å². The molecule has 1 aliphatic carbocycles. The summed E-state index contributed by atoms with van der Waals surface area (Å²) in [5.74, 6) is 0.626. The van der Waals surface area contributed by atoms with Crippen LogP contribution in [0.4, 0.5) is 4.39 Å². The molecule has 1 aliphatic rings. The Kier molecular flexibility index (Phi) is 5.99. The van der Waals surface area contributed by atoms with E-state index < -0.39 is 0 Å². The molecule has 0 heterocycles. The molecule has 1 atom stereocenters. The number of ether oxygens (including phenoxy) is 1. The molecule has 0 aliphatic heterocycles. The summed E-state index contributed by atoms with van der Waals surface area (Å²) in [4.78, 5) is 0. The molecule has 1 N–H and O–H groups in total. The van der Waals surface area contributed by atoms with Gasteiger partial charge >= 0.3 is 0 Å². The highest BCUT2D eigenvalue weighted by Crippen LogP contribution is 2.29. The van der Waals surface area contributed by atoms with Gasteiger partial charge in [0.25, 0.3) is 0 Å². The van der Waals surface area contributed by atoms with Crippen molar-refractivity contribution in [1.29, 1.82) is 0 Å². The summed E-state index contributed by atoms with van der Waals surface area (Å²) in [5, 5.41) is 3.32. The van der Waals surface area contributed by atoms with Gasteiger partial charge in [0, 0.05) is 6.54 Å². The number of rotatable bonds is 6. The lowest BCUT2D eigenvalue weighted by atomic mass is 9.89. The van der Waals surface area contributed by atoms with Gasteiger partial charge in [-0.1, -0.05) is 26.0 Å². The van der Waals surface area contributed by atoms with Crippen LogP contribution >= 0.6 is 0 Å². The first-order chi connectivity index (χ1) is 9.69. The van der Waals surface area contributed by atoms with Crippen LogP contribution in [0.25, 0.3) is 0 Å². The fourth-order valence-electron chi connectivity index (χ4n) is 2.82. The van der Waals surface area contributed by atoms with Crippen LogP contribution < -0.4 is 5.32 Å². The van der Waals surface area contributed by atoms with E-state index >= 15 is 0 Å². The second kappa shape index (κ2) is 7.75. The third-order valence-electron chi connectivity index (χ3n) is 4.12. The first kappa shape index (κ1) is 15.5. The van der Waals surface area contributed by atoms with Gasteiger partial charge < -0.3 is 10.1 Å². The zero-order valence-electron chi connectivity index (χ0n) is 12.6. The topological polar surface area (TPSA) is 21.3 Å². The van der Waals surface area contributed by atoms with Gasteiger partial charge in [0.2, 0.25) is 0 Å². The number of hydrogen-bond donors (Lipinski definition) is 1. The lowest BCUT2D eigenvalue weighted by Crippen LogP contribution is -2.29. The van der Waals surface area contributed by atoms with Crippen LogP contribution in [0.3, 0.4) is 0 Å². The maximum absolute atomic E-state index is 13.4. The summed E-state index contributed by atoms with van der Waals surface area (Å²) in [7, 11) is 0. The lowest BCUT2D eigenvalue weighted by molar-refractivity contribution is -0.0362. The molecule has 3 heteroatoms. The van der Waals surface area contributed by atoms with Crippen molar-refractivity contribution in [2.45, 2.75) is 51.7 Å². The van der Waals surface area contributed by atoms with Crippen LogP contribution in [0.5, 0.6) is 0 Å². The van der Waals surface area contributed by atoms with Crippen LogP contribution in [0.2, 0.25) is 0 Å². The zero-order valence-corrected chi connectivity index (χ0v) is 12.6. The predicted molar refractivity (Wildman–Crippen MR) is 80.2 cm³/mol. The maximum Gasteiger partial charge on any atom is 0.123 e. The molecule has 2 nitrogen and oxygen atoms in total. The molecule has 1 unspecified atom stereocenters. The predicted octanol–water partition coefficient (Wildman–Crippen LogP) is 4.07. The molecular weight excluding hydrogens is 253 g/mol. The molecule has 0 radical (unpaired) electrons. The second-order valence-corrected chi connectivity index (χ2v) is 5.87. The number of likely N-dealkylation sites (N-methyl/N-ethyl adjacent to an activating group) is 1.